The van der Waals surface area contributed by atoms with E-state index in [0.717, 1.165) is 4.47 Å². The minimum Gasteiger partial charge on any atom is -0.147 e. The molecule has 0 radical (unpaired) electrons. The lowest BCUT2D eigenvalue weighted by Crippen LogP contribution is -1.93. The molecule has 15 heavy (non-hydrogen) atoms. The maximum absolute atomic E-state index is 3.75. The summed E-state index contributed by atoms with van der Waals surface area (Å²) in [5.41, 5.74) is 2.64. The number of halogens is 2. The first-order chi connectivity index (χ1) is 7.18. The van der Waals surface area contributed by atoms with Gasteiger partial charge in [0, 0.05) is 9.35 Å². The van der Waals surface area contributed by atoms with Gasteiger partial charge in [-0.05, 0) is 41.6 Å². The molecule has 0 bridgehead atoms. The lowest BCUT2D eigenvalue weighted by Gasteiger charge is -2.11. The smallest absolute Gasteiger partial charge is 0.0740 e. The number of rotatable bonds is 2. The molecule has 1 heterocycles. The van der Waals surface area contributed by atoms with Crippen LogP contribution in [0, 0.1) is 6.92 Å². The second-order valence-corrected chi connectivity index (χ2v) is 6.19. The van der Waals surface area contributed by atoms with Crippen molar-refractivity contribution in [3.8, 4) is 0 Å². The highest BCUT2D eigenvalue weighted by molar-refractivity contribution is 9.10. The Bertz CT molecular complexity index is 449. The molecular formula is C12H10Br2S. The quantitative estimate of drug-likeness (QED) is 0.647. The van der Waals surface area contributed by atoms with Gasteiger partial charge in [0.25, 0.3) is 0 Å². The molecule has 0 N–H and O–H groups in total. The SMILES string of the molecule is Cc1ccc(Br)cc1C(Br)c1cccs1. The number of benzene rings is 1. The van der Waals surface area contributed by atoms with Gasteiger partial charge in [0.05, 0.1) is 4.83 Å². The van der Waals surface area contributed by atoms with Crippen LogP contribution in [0.15, 0.2) is 40.2 Å². The number of alkyl halides is 1. The molecule has 1 unspecified atom stereocenters. The molecule has 0 aliphatic carbocycles. The average molecular weight is 346 g/mol. The van der Waals surface area contributed by atoms with E-state index in [2.05, 4.69) is 74.5 Å². The van der Waals surface area contributed by atoms with Crippen molar-refractivity contribution in [3.63, 3.8) is 0 Å². The Morgan fingerprint density at radius 3 is 2.73 bits per heavy atom. The third kappa shape index (κ3) is 2.52. The van der Waals surface area contributed by atoms with Gasteiger partial charge in [-0.25, -0.2) is 0 Å². The molecule has 78 valence electrons. The normalized spacial score (nSPS) is 12.7. The highest BCUT2D eigenvalue weighted by Crippen LogP contribution is 2.36. The largest absolute Gasteiger partial charge is 0.147 e. The molecule has 1 aromatic carbocycles. The van der Waals surface area contributed by atoms with Gasteiger partial charge >= 0.3 is 0 Å². The van der Waals surface area contributed by atoms with Crippen molar-refractivity contribution in [3.05, 3.63) is 56.2 Å². The van der Waals surface area contributed by atoms with E-state index in [9.17, 15) is 0 Å². The summed E-state index contributed by atoms with van der Waals surface area (Å²) < 4.78 is 1.13. The Morgan fingerprint density at radius 2 is 2.07 bits per heavy atom. The summed E-state index contributed by atoms with van der Waals surface area (Å²) >= 11 is 9.04. The molecule has 2 aromatic rings. The molecule has 0 aliphatic heterocycles. The van der Waals surface area contributed by atoms with E-state index >= 15 is 0 Å². The van der Waals surface area contributed by atoms with Crippen molar-refractivity contribution in [2.45, 2.75) is 11.8 Å². The number of hydrogen-bond donors (Lipinski definition) is 0. The van der Waals surface area contributed by atoms with E-state index in [1.54, 1.807) is 11.3 Å². The lowest BCUT2D eigenvalue weighted by molar-refractivity contribution is 1.17. The van der Waals surface area contributed by atoms with Crippen LogP contribution < -0.4 is 0 Å². The molecule has 0 amide bonds. The predicted molar refractivity (Wildman–Crippen MR) is 74.0 cm³/mol. The molecule has 0 aliphatic rings. The Labute approximate surface area is 111 Å². The van der Waals surface area contributed by atoms with E-state index < -0.39 is 0 Å². The Kier molecular flexibility index (Phi) is 3.65. The van der Waals surface area contributed by atoms with Crippen LogP contribution in [0.1, 0.15) is 20.8 Å². The Morgan fingerprint density at radius 1 is 1.27 bits per heavy atom. The second kappa shape index (κ2) is 4.81. The van der Waals surface area contributed by atoms with E-state index in [-0.39, 0.29) is 0 Å². The van der Waals surface area contributed by atoms with E-state index in [0.29, 0.717) is 4.83 Å². The zero-order valence-corrected chi connectivity index (χ0v) is 12.2. The molecule has 0 spiro atoms. The molecule has 0 nitrogen and oxygen atoms in total. The zero-order chi connectivity index (χ0) is 10.8. The highest BCUT2D eigenvalue weighted by atomic mass is 79.9. The summed E-state index contributed by atoms with van der Waals surface area (Å²) in [5.74, 6) is 0. The molecule has 0 saturated carbocycles. The maximum Gasteiger partial charge on any atom is 0.0740 e. The van der Waals surface area contributed by atoms with Gasteiger partial charge < -0.3 is 0 Å². The van der Waals surface area contributed by atoms with Crippen LogP contribution in [0.2, 0.25) is 0 Å². The van der Waals surface area contributed by atoms with Crippen LogP contribution in [0.3, 0.4) is 0 Å². The van der Waals surface area contributed by atoms with E-state index in [1.165, 1.54) is 16.0 Å². The minimum atomic E-state index is 0.301. The van der Waals surface area contributed by atoms with Gasteiger partial charge in [0.15, 0.2) is 0 Å². The first-order valence-corrected chi connectivity index (χ1v) is 7.21. The van der Waals surface area contributed by atoms with Crippen LogP contribution in [0.25, 0.3) is 0 Å². The number of hydrogen-bond acceptors (Lipinski definition) is 1. The molecule has 1 atom stereocenters. The summed E-state index contributed by atoms with van der Waals surface area (Å²) in [6.07, 6.45) is 0. The molecule has 1 aromatic heterocycles. The molecule has 0 saturated heterocycles. The van der Waals surface area contributed by atoms with Crippen LogP contribution in [0.4, 0.5) is 0 Å². The van der Waals surface area contributed by atoms with Crippen molar-refractivity contribution >= 4 is 43.2 Å². The van der Waals surface area contributed by atoms with Gasteiger partial charge in [0.2, 0.25) is 0 Å². The summed E-state index contributed by atoms with van der Waals surface area (Å²) in [4.78, 5) is 1.64. The number of thiophene rings is 1. The molecule has 3 heteroatoms. The third-order valence-electron chi connectivity index (χ3n) is 2.31. The maximum atomic E-state index is 3.75. The third-order valence-corrected chi connectivity index (χ3v) is 5.03. The van der Waals surface area contributed by atoms with Gasteiger partial charge in [-0.3, -0.25) is 0 Å². The Balaban J connectivity index is 2.41. The van der Waals surface area contributed by atoms with Crippen molar-refractivity contribution in [1.29, 1.82) is 0 Å². The lowest BCUT2D eigenvalue weighted by atomic mass is 10.1. The van der Waals surface area contributed by atoms with Crippen LogP contribution in [0.5, 0.6) is 0 Å². The first kappa shape index (κ1) is 11.4. The summed E-state index contributed by atoms with van der Waals surface area (Å²) in [6, 6.07) is 10.6. The summed E-state index contributed by atoms with van der Waals surface area (Å²) in [7, 11) is 0. The topological polar surface area (TPSA) is 0 Å². The first-order valence-electron chi connectivity index (χ1n) is 4.62. The zero-order valence-electron chi connectivity index (χ0n) is 8.21. The fourth-order valence-electron chi connectivity index (χ4n) is 1.47. The van der Waals surface area contributed by atoms with E-state index in [1.807, 2.05) is 0 Å². The van der Waals surface area contributed by atoms with Crippen LogP contribution >= 0.6 is 43.2 Å². The van der Waals surface area contributed by atoms with Crippen molar-refractivity contribution < 1.29 is 0 Å². The van der Waals surface area contributed by atoms with Gasteiger partial charge in [-0.2, -0.15) is 0 Å². The highest BCUT2D eigenvalue weighted by Gasteiger charge is 2.13. The fraction of sp³-hybridized carbons (Fsp3) is 0.167. The van der Waals surface area contributed by atoms with Crippen molar-refractivity contribution in [1.82, 2.24) is 0 Å². The van der Waals surface area contributed by atoms with Crippen LogP contribution in [-0.4, -0.2) is 0 Å². The van der Waals surface area contributed by atoms with E-state index in [4.69, 9.17) is 0 Å². The standard InChI is InChI=1S/C12H10Br2S/c1-8-4-5-9(13)7-10(8)12(14)11-3-2-6-15-11/h2-7,12H,1H3. The number of aryl methyl sites for hydroxylation is 1. The monoisotopic (exact) mass is 344 g/mol. The molecule has 0 fully saturated rings. The van der Waals surface area contributed by atoms with Crippen molar-refractivity contribution in [2.24, 2.45) is 0 Å². The Hall–Kier alpha value is -0.120. The van der Waals surface area contributed by atoms with Gasteiger partial charge in [-0.1, -0.05) is 44.0 Å². The fourth-order valence-corrected chi connectivity index (χ4v) is 3.54. The average Bonchev–Trinajstić information content (AvgIpc) is 2.74. The summed E-state index contributed by atoms with van der Waals surface area (Å²) in [6.45, 7) is 2.14. The van der Waals surface area contributed by atoms with Crippen LogP contribution in [-0.2, 0) is 0 Å². The van der Waals surface area contributed by atoms with Gasteiger partial charge in [-0.15, -0.1) is 11.3 Å². The van der Waals surface area contributed by atoms with Crippen molar-refractivity contribution in [2.75, 3.05) is 0 Å². The molecular weight excluding hydrogens is 336 g/mol. The predicted octanol–water partition coefficient (Wildman–Crippen LogP) is 5.30. The second-order valence-electron chi connectivity index (χ2n) is 3.38. The minimum absolute atomic E-state index is 0.301. The van der Waals surface area contributed by atoms with Gasteiger partial charge in [0.1, 0.15) is 0 Å². The summed E-state index contributed by atoms with van der Waals surface area (Å²) in [5, 5.41) is 2.11. The molecule has 2 rings (SSSR count).